The molecule has 1 fully saturated rings. The topological polar surface area (TPSA) is 87.6 Å². The van der Waals surface area contributed by atoms with Gasteiger partial charge in [0.05, 0.1) is 6.54 Å². The number of carbonyl (C=O) groups is 1. The van der Waals surface area contributed by atoms with E-state index >= 15 is 0 Å². The van der Waals surface area contributed by atoms with Gasteiger partial charge in [-0.2, -0.15) is 0 Å². The first-order valence-electron chi connectivity index (χ1n) is 7.57. The summed E-state index contributed by atoms with van der Waals surface area (Å²) in [7, 11) is 1.62. The Kier molecular flexibility index (Phi) is 5.68. The first-order chi connectivity index (χ1) is 10.5. The number of aliphatic carboxylic acids is 1. The minimum absolute atomic E-state index is 0.110. The monoisotopic (exact) mass is 308 g/mol. The molecule has 0 aliphatic heterocycles. The van der Waals surface area contributed by atoms with Gasteiger partial charge in [0.15, 0.2) is 5.82 Å². The standard InChI is InChI=1S/C15H24N4O3/c1-4-19(8-15(20)21)12-6-11(7-12)17-13-5-10(2)16-14(18-13)9-22-3/h5,11-12H,4,6-9H2,1-3H3,(H,20,21)(H,16,17,18). The minimum atomic E-state index is -0.770. The lowest BCUT2D eigenvalue weighted by atomic mass is 9.85. The quantitative estimate of drug-likeness (QED) is 0.748. The van der Waals surface area contributed by atoms with Crippen LogP contribution in [0.2, 0.25) is 0 Å². The molecule has 0 unspecified atom stereocenters. The van der Waals surface area contributed by atoms with Crippen LogP contribution in [0.4, 0.5) is 5.82 Å². The fraction of sp³-hybridized carbons (Fsp3) is 0.667. The van der Waals surface area contributed by atoms with Crippen LogP contribution >= 0.6 is 0 Å². The van der Waals surface area contributed by atoms with Crippen molar-refractivity contribution in [1.29, 1.82) is 0 Å². The second-order valence-electron chi connectivity index (χ2n) is 5.67. The van der Waals surface area contributed by atoms with Gasteiger partial charge < -0.3 is 15.2 Å². The zero-order valence-corrected chi connectivity index (χ0v) is 13.4. The van der Waals surface area contributed by atoms with Gasteiger partial charge in [0, 0.05) is 31.0 Å². The van der Waals surface area contributed by atoms with E-state index in [9.17, 15) is 4.79 Å². The van der Waals surface area contributed by atoms with E-state index in [4.69, 9.17) is 9.84 Å². The lowest BCUT2D eigenvalue weighted by Crippen LogP contribution is -2.51. The summed E-state index contributed by atoms with van der Waals surface area (Å²) in [5.74, 6) is 0.708. The molecule has 0 spiro atoms. The number of rotatable bonds is 8. The highest BCUT2D eigenvalue weighted by Gasteiger charge is 2.33. The zero-order valence-electron chi connectivity index (χ0n) is 13.4. The van der Waals surface area contributed by atoms with Crippen LogP contribution in [0.5, 0.6) is 0 Å². The Morgan fingerprint density at radius 1 is 1.50 bits per heavy atom. The van der Waals surface area contributed by atoms with Crippen LogP contribution in [0.25, 0.3) is 0 Å². The number of ether oxygens (including phenoxy) is 1. The van der Waals surface area contributed by atoms with E-state index in [1.807, 2.05) is 24.8 Å². The summed E-state index contributed by atoms with van der Waals surface area (Å²) >= 11 is 0. The average molecular weight is 308 g/mol. The lowest BCUT2D eigenvalue weighted by Gasteiger charge is -2.42. The summed E-state index contributed by atoms with van der Waals surface area (Å²) in [5, 5.41) is 12.3. The van der Waals surface area contributed by atoms with Crippen molar-refractivity contribution in [3.8, 4) is 0 Å². The van der Waals surface area contributed by atoms with Gasteiger partial charge in [-0.15, -0.1) is 0 Å². The van der Waals surface area contributed by atoms with Crippen molar-refractivity contribution in [1.82, 2.24) is 14.9 Å². The second kappa shape index (κ2) is 7.51. The molecular formula is C15H24N4O3. The van der Waals surface area contributed by atoms with Gasteiger partial charge in [0.1, 0.15) is 12.4 Å². The zero-order chi connectivity index (χ0) is 16.1. The van der Waals surface area contributed by atoms with E-state index in [2.05, 4.69) is 15.3 Å². The number of nitrogens with one attached hydrogen (secondary N) is 1. The fourth-order valence-corrected chi connectivity index (χ4v) is 2.78. The predicted octanol–water partition coefficient (Wildman–Crippen LogP) is 1.28. The molecule has 0 radical (unpaired) electrons. The van der Waals surface area contributed by atoms with Gasteiger partial charge in [-0.25, -0.2) is 9.97 Å². The molecule has 1 aromatic rings. The highest BCUT2D eigenvalue weighted by atomic mass is 16.5. The van der Waals surface area contributed by atoms with Crippen LogP contribution in [0.15, 0.2) is 6.07 Å². The van der Waals surface area contributed by atoms with Crippen molar-refractivity contribution < 1.29 is 14.6 Å². The number of aryl methyl sites for hydroxylation is 1. The smallest absolute Gasteiger partial charge is 0.317 e. The molecule has 22 heavy (non-hydrogen) atoms. The maximum atomic E-state index is 10.8. The molecule has 7 nitrogen and oxygen atoms in total. The number of likely N-dealkylation sites (N-methyl/N-ethyl adjacent to an activating group) is 1. The molecule has 1 aromatic heterocycles. The number of hydrogen-bond donors (Lipinski definition) is 2. The molecule has 0 saturated heterocycles. The molecule has 1 aliphatic rings. The van der Waals surface area contributed by atoms with E-state index < -0.39 is 5.97 Å². The SMILES string of the molecule is CCN(CC(=O)O)C1CC(Nc2cc(C)nc(COC)n2)C1. The minimum Gasteiger partial charge on any atom is -0.480 e. The molecule has 0 amide bonds. The van der Waals surface area contributed by atoms with Crippen molar-refractivity contribution in [3.05, 3.63) is 17.6 Å². The first-order valence-corrected chi connectivity index (χ1v) is 7.57. The van der Waals surface area contributed by atoms with E-state index in [1.54, 1.807) is 7.11 Å². The second-order valence-corrected chi connectivity index (χ2v) is 5.67. The molecule has 122 valence electrons. The van der Waals surface area contributed by atoms with Crippen molar-refractivity contribution >= 4 is 11.8 Å². The van der Waals surface area contributed by atoms with Crippen molar-refractivity contribution in [3.63, 3.8) is 0 Å². The molecular weight excluding hydrogens is 284 g/mol. The van der Waals surface area contributed by atoms with E-state index in [1.165, 1.54) is 0 Å². The Morgan fingerprint density at radius 2 is 2.23 bits per heavy atom. The molecule has 1 saturated carbocycles. The van der Waals surface area contributed by atoms with Crippen LogP contribution in [-0.4, -0.2) is 58.2 Å². The number of nitrogens with zero attached hydrogens (tertiary/aromatic N) is 3. The summed E-state index contributed by atoms with van der Waals surface area (Å²) in [4.78, 5) is 21.6. The van der Waals surface area contributed by atoms with Gasteiger partial charge in [-0.1, -0.05) is 6.92 Å². The Hall–Kier alpha value is -1.73. The number of carboxylic acids is 1. The van der Waals surface area contributed by atoms with E-state index in [-0.39, 0.29) is 6.54 Å². The number of hydrogen-bond acceptors (Lipinski definition) is 6. The lowest BCUT2D eigenvalue weighted by molar-refractivity contribution is -0.139. The van der Waals surface area contributed by atoms with Crippen molar-refractivity contribution in [2.24, 2.45) is 0 Å². The Balaban J connectivity index is 1.88. The summed E-state index contributed by atoms with van der Waals surface area (Å²) in [6, 6.07) is 2.58. The Morgan fingerprint density at radius 3 is 2.82 bits per heavy atom. The first kappa shape index (κ1) is 16.6. The van der Waals surface area contributed by atoms with Crippen LogP contribution in [-0.2, 0) is 16.1 Å². The fourth-order valence-electron chi connectivity index (χ4n) is 2.78. The van der Waals surface area contributed by atoms with Crippen molar-refractivity contribution in [2.45, 2.75) is 45.4 Å². The summed E-state index contributed by atoms with van der Waals surface area (Å²) < 4.78 is 5.07. The number of aromatic nitrogens is 2. The number of methoxy groups -OCH3 is 1. The molecule has 1 aliphatic carbocycles. The largest absolute Gasteiger partial charge is 0.480 e. The molecule has 0 aromatic carbocycles. The van der Waals surface area contributed by atoms with Gasteiger partial charge in [-0.3, -0.25) is 9.69 Å². The van der Waals surface area contributed by atoms with E-state index in [0.29, 0.717) is 24.5 Å². The van der Waals surface area contributed by atoms with Crippen LogP contribution in [0.3, 0.4) is 0 Å². The predicted molar refractivity (Wildman–Crippen MR) is 82.8 cm³/mol. The molecule has 0 atom stereocenters. The number of anilines is 1. The van der Waals surface area contributed by atoms with Gasteiger partial charge in [0.2, 0.25) is 0 Å². The Labute approximate surface area is 130 Å². The highest BCUT2D eigenvalue weighted by Crippen LogP contribution is 2.28. The maximum Gasteiger partial charge on any atom is 0.317 e. The Bertz CT molecular complexity index is 518. The summed E-state index contributed by atoms with van der Waals surface area (Å²) in [5.41, 5.74) is 0.904. The molecule has 2 rings (SSSR count). The van der Waals surface area contributed by atoms with Gasteiger partial charge in [0.25, 0.3) is 0 Å². The van der Waals surface area contributed by atoms with Crippen molar-refractivity contribution in [2.75, 3.05) is 25.5 Å². The molecule has 0 bridgehead atoms. The van der Waals surface area contributed by atoms with Gasteiger partial charge >= 0.3 is 5.97 Å². The summed E-state index contributed by atoms with van der Waals surface area (Å²) in [6.07, 6.45) is 1.87. The van der Waals surface area contributed by atoms with Crippen LogP contribution < -0.4 is 5.32 Å². The third-order valence-electron chi connectivity index (χ3n) is 3.90. The maximum absolute atomic E-state index is 10.8. The highest BCUT2D eigenvalue weighted by molar-refractivity contribution is 5.69. The molecule has 7 heteroatoms. The third kappa shape index (κ3) is 4.38. The number of carboxylic acid groups (broad SMARTS) is 1. The van der Waals surface area contributed by atoms with Crippen LogP contribution in [0, 0.1) is 6.92 Å². The molecule has 2 N–H and O–H groups in total. The van der Waals surface area contributed by atoms with E-state index in [0.717, 1.165) is 30.9 Å². The average Bonchev–Trinajstić information content (AvgIpc) is 2.39. The third-order valence-corrected chi connectivity index (χ3v) is 3.90. The van der Waals surface area contributed by atoms with Gasteiger partial charge in [-0.05, 0) is 26.3 Å². The summed E-state index contributed by atoms with van der Waals surface area (Å²) in [6.45, 7) is 5.19. The molecule has 1 heterocycles. The normalized spacial score (nSPS) is 20.7. The van der Waals surface area contributed by atoms with Crippen LogP contribution in [0.1, 0.15) is 31.3 Å².